The lowest BCUT2D eigenvalue weighted by Crippen LogP contribution is -2.48. The van der Waals surface area contributed by atoms with Gasteiger partial charge in [0.05, 0.1) is 5.54 Å². The molecule has 1 unspecified atom stereocenters. The molecule has 1 aromatic heterocycles. The van der Waals surface area contributed by atoms with E-state index >= 15 is 0 Å². The maximum Gasteiger partial charge on any atom is 0.262 e. The van der Waals surface area contributed by atoms with Gasteiger partial charge in [0.1, 0.15) is 5.75 Å². The largest absolute Gasteiger partial charge is 0.481 e. The Labute approximate surface area is 137 Å². The lowest BCUT2D eigenvalue weighted by molar-refractivity contribution is -0.129. The maximum atomic E-state index is 12.4. The fourth-order valence-electron chi connectivity index (χ4n) is 2.36. The van der Waals surface area contributed by atoms with Crippen molar-refractivity contribution in [3.63, 3.8) is 0 Å². The van der Waals surface area contributed by atoms with E-state index in [1.807, 2.05) is 45.0 Å². The molecule has 0 bridgehead atoms. The second-order valence-corrected chi connectivity index (χ2v) is 5.89. The molecule has 0 spiro atoms. The molecule has 4 nitrogen and oxygen atoms in total. The fourth-order valence-corrected chi connectivity index (χ4v) is 2.36. The van der Waals surface area contributed by atoms with Crippen LogP contribution in [0.1, 0.15) is 34.1 Å². The van der Waals surface area contributed by atoms with Crippen LogP contribution >= 0.6 is 0 Å². The molecule has 120 valence electrons. The van der Waals surface area contributed by atoms with Crippen molar-refractivity contribution >= 4 is 16.7 Å². The molecule has 0 aliphatic heterocycles. The summed E-state index contributed by atoms with van der Waals surface area (Å²) < 4.78 is 5.87. The van der Waals surface area contributed by atoms with Crippen LogP contribution in [0, 0.1) is 11.8 Å². The van der Waals surface area contributed by atoms with Crippen molar-refractivity contribution in [1.82, 2.24) is 10.3 Å². The number of aromatic nitrogens is 1. The van der Waals surface area contributed by atoms with Crippen LogP contribution in [0.3, 0.4) is 0 Å². The molecule has 4 heteroatoms. The quantitative estimate of drug-likeness (QED) is 0.862. The molecule has 0 saturated carbocycles. The Hall–Kier alpha value is -2.54. The summed E-state index contributed by atoms with van der Waals surface area (Å²) in [4.78, 5) is 16.5. The summed E-state index contributed by atoms with van der Waals surface area (Å²) in [5.41, 5.74) is -0.573. The molecule has 1 aromatic carbocycles. The molecule has 0 radical (unpaired) electrons. The fraction of sp³-hybridized carbons (Fsp3) is 0.368. The summed E-state index contributed by atoms with van der Waals surface area (Å²) in [5.74, 6) is 6.30. The number of carbonyl (C=O) groups is 1. The zero-order chi connectivity index (χ0) is 16.9. The van der Waals surface area contributed by atoms with Crippen LogP contribution < -0.4 is 10.1 Å². The molecule has 2 aromatic rings. The number of ether oxygens (including phenoxy) is 1. The third-order valence-electron chi connectivity index (χ3n) is 3.43. The highest BCUT2D eigenvalue weighted by atomic mass is 16.5. The van der Waals surface area contributed by atoms with Crippen LogP contribution in [0.2, 0.25) is 0 Å². The highest BCUT2D eigenvalue weighted by molar-refractivity contribution is 5.84. The normalized spacial score (nSPS) is 12.2. The van der Waals surface area contributed by atoms with Gasteiger partial charge < -0.3 is 10.1 Å². The van der Waals surface area contributed by atoms with Gasteiger partial charge in [0, 0.05) is 17.8 Å². The molecule has 0 aliphatic rings. The van der Waals surface area contributed by atoms with Crippen molar-refractivity contribution in [2.45, 2.75) is 45.8 Å². The molecule has 0 saturated heterocycles. The van der Waals surface area contributed by atoms with Crippen LogP contribution in [-0.2, 0) is 4.79 Å². The molecule has 23 heavy (non-hydrogen) atoms. The van der Waals surface area contributed by atoms with Crippen molar-refractivity contribution in [2.75, 3.05) is 0 Å². The minimum absolute atomic E-state index is 0.161. The van der Waals surface area contributed by atoms with Crippen molar-refractivity contribution in [1.29, 1.82) is 0 Å². The number of fused-ring (bicyclic) bond motifs is 1. The van der Waals surface area contributed by atoms with Gasteiger partial charge in [-0.05, 0) is 50.8 Å². The Bertz CT molecular complexity index is 757. The van der Waals surface area contributed by atoms with Gasteiger partial charge in [-0.2, -0.15) is 0 Å². The highest BCUT2D eigenvalue weighted by Crippen LogP contribution is 2.21. The summed E-state index contributed by atoms with van der Waals surface area (Å²) in [7, 11) is 0. The van der Waals surface area contributed by atoms with E-state index in [1.54, 1.807) is 19.3 Å². The van der Waals surface area contributed by atoms with Gasteiger partial charge in [0.25, 0.3) is 5.91 Å². The van der Waals surface area contributed by atoms with Gasteiger partial charge in [-0.25, -0.2) is 0 Å². The van der Waals surface area contributed by atoms with Gasteiger partial charge >= 0.3 is 0 Å². The first-order valence-corrected chi connectivity index (χ1v) is 7.71. The first-order valence-electron chi connectivity index (χ1n) is 7.71. The molecule has 0 aliphatic carbocycles. The highest BCUT2D eigenvalue weighted by Gasteiger charge is 2.24. The van der Waals surface area contributed by atoms with E-state index < -0.39 is 11.6 Å². The standard InChI is InChI=1S/C19H22N2O2/c1-5-10-19(3,4)21-18(22)17(6-2)23-16-8-7-14-9-11-20-13-15(14)12-16/h7-9,11-13,17H,6H2,1-4H3,(H,21,22). The zero-order valence-corrected chi connectivity index (χ0v) is 14.0. The molecule has 1 heterocycles. The average Bonchev–Trinajstić information content (AvgIpc) is 2.51. The maximum absolute atomic E-state index is 12.4. The Balaban J connectivity index is 2.13. The molecule has 1 amide bonds. The van der Waals surface area contributed by atoms with Crippen molar-refractivity contribution in [3.8, 4) is 17.6 Å². The summed E-state index contributed by atoms with van der Waals surface area (Å²) in [6.45, 7) is 7.42. The van der Waals surface area contributed by atoms with Crippen LogP contribution in [0.15, 0.2) is 36.7 Å². The predicted octanol–water partition coefficient (Wildman–Crippen LogP) is 3.31. The van der Waals surface area contributed by atoms with Gasteiger partial charge in [0.2, 0.25) is 0 Å². The predicted molar refractivity (Wildman–Crippen MR) is 92.1 cm³/mol. The zero-order valence-electron chi connectivity index (χ0n) is 14.0. The summed E-state index contributed by atoms with van der Waals surface area (Å²) in [6.07, 6.45) is 3.56. The SMILES string of the molecule is CC#CC(C)(C)NC(=O)C(CC)Oc1ccc2ccncc2c1. The molecule has 2 rings (SSSR count). The number of amides is 1. The van der Waals surface area contributed by atoms with E-state index in [0.717, 1.165) is 10.8 Å². The van der Waals surface area contributed by atoms with Gasteiger partial charge in [-0.3, -0.25) is 9.78 Å². The second kappa shape index (κ2) is 7.15. The Kier molecular flexibility index (Phi) is 5.23. The van der Waals surface area contributed by atoms with Crippen molar-refractivity contribution < 1.29 is 9.53 Å². The van der Waals surface area contributed by atoms with Crippen LogP contribution in [-0.4, -0.2) is 22.5 Å². The molecule has 1 N–H and O–H groups in total. The van der Waals surface area contributed by atoms with E-state index in [4.69, 9.17) is 4.74 Å². The van der Waals surface area contributed by atoms with Crippen LogP contribution in [0.25, 0.3) is 10.8 Å². The van der Waals surface area contributed by atoms with E-state index in [1.165, 1.54) is 0 Å². The van der Waals surface area contributed by atoms with E-state index in [-0.39, 0.29) is 5.91 Å². The van der Waals surface area contributed by atoms with E-state index in [2.05, 4.69) is 22.1 Å². The Morgan fingerprint density at radius 1 is 1.35 bits per heavy atom. The third-order valence-corrected chi connectivity index (χ3v) is 3.43. The number of hydrogen-bond acceptors (Lipinski definition) is 3. The van der Waals surface area contributed by atoms with Crippen molar-refractivity contribution in [2.24, 2.45) is 0 Å². The van der Waals surface area contributed by atoms with Gasteiger partial charge in [0.15, 0.2) is 6.10 Å². The third kappa shape index (κ3) is 4.46. The van der Waals surface area contributed by atoms with Crippen molar-refractivity contribution in [3.05, 3.63) is 36.7 Å². The average molecular weight is 310 g/mol. The molecule has 1 atom stereocenters. The number of carbonyl (C=O) groups excluding carboxylic acids is 1. The monoisotopic (exact) mass is 310 g/mol. The van der Waals surface area contributed by atoms with Gasteiger partial charge in [-0.1, -0.05) is 18.9 Å². The summed E-state index contributed by atoms with van der Waals surface area (Å²) in [6, 6.07) is 7.67. The first-order chi connectivity index (χ1) is 10.9. The summed E-state index contributed by atoms with van der Waals surface area (Å²) >= 11 is 0. The summed E-state index contributed by atoms with van der Waals surface area (Å²) in [5, 5.41) is 4.99. The van der Waals surface area contributed by atoms with Crippen LogP contribution in [0.5, 0.6) is 5.75 Å². The minimum atomic E-state index is -0.573. The lowest BCUT2D eigenvalue weighted by Gasteiger charge is -2.24. The molecule has 0 fully saturated rings. The molecular formula is C19H22N2O2. The number of nitrogens with zero attached hydrogens (tertiary/aromatic N) is 1. The van der Waals surface area contributed by atoms with Crippen LogP contribution in [0.4, 0.5) is 0 Å². The Morgan fingerprint density at radius 2 is 2.13 bits per heavy atom. The van der Waals surface area contributed by atoms with E-state index in [9.17, 15) is 4.79 Å². The second-order valence-electron chi connectivity index (χ2n) is 5.89. The topological polar surface area (TPSA) is 51.2 Å². The van der Waals surface area contributed by atoms with E-state index in [0.29, 0.717) is 12.2 Å². The lowest BCUT2D eigenvalue weighted by atomic mass is 10.1. The smallest absolute Gasteiger partial charge is 0.262 e. The Morgan fingerprint density at radius 3 is 2.83 bits per heavy atom. The minimum Gasteiger partial charge on any atom is -0.481 e. The number of benzene rings is 1. The number of nitrogens with one attached hydrogen (secondary N) is 1. The number of rotatable bonds is 5. The first kappa shape index (κ1) is 16.8. The van der Waals surface area contributed by atoms with Gasteiger partial charge in [-0.15, -0.1) is 5.92 Å². The number of hydrogen-bond donors (Lipinski definition) is 1. The molecular weight excluding hydrogens is 288 g/mol. The number of pyridine rings is 1.